The van der Waals surface area contributed by atoms with Gasteiger partial charge in [0.05, 0.1) is 6.42 Å². The molecule has 1 fully saturated rings. The zero-order valence-electron chi connectivity index (χ0n) is 10.7. The molecule has 0 radical (unpaired) electrons. The topological polar surface area (TPSA) is 52.6 Å². The van der Waals surface area contributed by atoms with Gasteiger partial charge in [0.2, 0.25) is 5.91 Å². The van der Waals surface area contributed by atoms with E-state index in [1.54, 1.807) is 18.2 Å². The van der Waals surface area contributed by atoms with Gasteiger partial charge in [-0.3, -0.25) is 4.79 Å². The number of carbonyl (C=O) groups is 1. The summed E-state index contributed by atoms with van der Waals surface area (Å²) in [5.74, 6) is 0.316. The van der Waals surface area contributed by atoms with Gasteiger partial charge in [0.15, 0.2) is 0 Å². The zero-order chi connectivity index (χ0) is 13.0. The molecule has 18 heavy (non-hydrogen) atoms. The van der Waals surface area contributed by atoms with Crippen molar-refractivity contribution in [2.45, 2.75) is 25.3 Å². The Hall–Kier alpha value is -1.55. The van der Waals surface area contributed by atoms with E-state index in [0.29, 0.717) is 12.5 Å². The molecule has 0 aliphatic carbocycles. The minimum atomic E-state index is 0.106. The number of carbonyl (C=O) groups excluding carboxylic acids is 1. The average Bonchev–Trinajstić information content (AvgIpc) is 2.39. The summed E-state index contributed by atoms with van der Waals surface area (Å²) in [6.07, 6.45) is 2.53. The molecule has 1 unspecified atom stereocenters. The largest absolute Gasteiger partial charge is 0.508 e. The highest BCUT2D eigenvalue weighted by molar-refractivity contribution is 5.79. The summed E-state index contributed by atoms with van der Waals surface area (Å²) in [6.45, 7) is 1.92. The summed E-state index contributed by atoms with van der Waals surface area (Å²) in [6, 6.07) is 7.18. The first-order valence-electron chi connectivity index (χ1n) is 6.41. The Morgan fingerprint density at radius 2 is 2.39 bits per heavy atom. The number of phenolic OH excluding ortho intramolecular Hbond substituents is 1. The number of aromatic hydroxyl groups is 1. The third-order valence-electron chi connectivity index (χ3n) is 3.48. The van der Waals surface area contributed by atoms with Crippen LogP contribution in [0.25, 0.3) is 0 Å². The predicted molar refractivity (Wildman–Crippen MR) is 70.5 cm³/mol. The van der Waals surface area contributed by atoms with Crippen LogP contribution in [0, 0.1) is 0 Å². The van der Waals surface area contributed by atoms with Gasteiger partial charge in [-0.2, -0.15) is 0 Å². The van der Waals surface area contributed by atoms with Crippen molar-refractivity contribution < 1.29 is 9.90 Å². The van der Waals surface area contributed by atoms with Crippen molar-refractivity contribution >= 4 is 5.91 Å². The molecule has 0 bridgehead atoms. The van der Waals surface area contributed by atoms with Crippen LogP contribution in [0.15, 0.2) is 24.3 Å². The van der Waals surface area contributed by atoms with Gasteiger partial charge in [-0.05, 0) is 37.1 Å². The monoisotopic (exact) mass is 248 g/mol. The van der Waals surface area contributed by atoms with Gasteiger partial charge in [-0.1, -0.05) is 12.1 Å². The van der Waals surface area contributed by atoms with Crippen LogP contribution < -0.4 is 5.32 Å². The molecular formula is C14H20N2O2. The highest BCUT2D eigenvalue weighted by Gasteiger charge is 2.21. The second kappa shape index (κ2) is 5.87. The van der Waals surface area contributed by atoms with E-state index in [2.05, 4.69) is 5.32 Å². The van der Waals surface area contributed by atoms with Crippen molar-refractivity contribution in [2.24, 2.45) is 0 Å². The molecule has 0 saturated carbocycles. The van der Waals surface area contributed by atoms with Gasteiger partial charge in [0.25, 0.3) is 0 Å². The van der Waals surface area contributed by atoms with Crippen molar-refractivity contribution in [1.82, 2.24) is 10.2 Å². The normalized spacial score (nSPS) is 19.5. The molecule has 98 valence electrons. The van der Waals surface area contributed by atoms with Crippen LogP contribution in [0.2, 0.25) is 0 Å². The minimum absolute atomic E-state index is 0.106. The maximum absolute atomic E-state index is 12.1. The first-order chi connectivity index (χ1) is 8.66. The lowest BCUT2D eigenvalue weighted by atomic mass is 10.0. The van der Waals surface area contributed by atoms with Crippen molar-refractivity contribution in [3.63, 3.8) is 0 Å². The van der Waals surface area contributed by atoms with Crippen molar-refractivity contribution in [3.8, 4) is 5.75 Å². The van der Waals surface area contributed by atoms with E-state index in [1.807, 2.05) is 18.0 Å². The molecule has 1 aromatic carbocycles. The summed E-state index contributed by atoms with van der Waals surface area (Å²) in [5, 5.41) is 12.7. The number of hydrogen-bond acceptors (Lipinski definition) is 3. The van der Waals surface area contributed by atoms with E-state index in [-0.39, 0.29) is 11.7 Å². The molecule has 1 saturated heterocycles. The van der Waals surface area contributed by atoms with Crippen molar-refractivity contribution in [2.75, 3.05) is 20.1 Å². The van der Waals surface area contributed by atoms with Crippen LogP contribution in [0.5, 0.6) is 5.75 Å². The molecule has 1 aromatic rings. The molecule has 1 amide bonds. The minimum Gasteiger partial charge on any atom is -0.508 e. The van der Waals surface area contributed by atoms with Gasteiger partial charge < -0.3 is 15.3 Å². The number of phenols is 1. The van der Waals surface area contributed by atoms with E-state index in [0.717, 1.165) is 31.5 Å². The van der Waals surface area contributed by atoms with Crippen LogP contribution in [0.3, 0.4) is 0 Å². The Morgan fingerprint density at radius 3 is 3.06 bits per heavy atom. The third-order valence-corrected chi connectivity index (χ3v) is 3.48. The Balaban J connectivity index is 1.94. The van der Waals surface area contributed by atoms with Crippen LogP contribution in [-0.4, -0.2) is 42.1 Å². The van der Waals surface area contributed by atoms with Crippen molar-refractivity contribution in [3.05, 3.63) is 29.8 Å². The summed E-state index contributed by atoms with van der Waals surface area (Å²) in [4.78, 5) is 14.0. The molecule has 2 rings (SSSR count). The lowest BCUT2D eigenvalue weighted by Gasteiger charge is -2.31. The average molecular weight is 248 g/mol. The summed E-state index contributed by atoms with van der Waals surface area (Å²) >= 11 is 0. The van der Waals surface area contributed by atoms with Gasteiger partial charge in [-0.25, -0.2) is 0 Å². The molecule has 2 N–H and O–H groups in total. The van der Waals surface area contributed by atoms with Crippen molar-refractivity contribution in [1.29, 1.82) is 0 Å². The molecule has 0 spiro atoms. The summed E-state index contributed by atoms with van der Waals surface area (Å²) in [7, 11) is 1.86. The number of benzene rings is 1. The van der Waals surface area contributed by atoms with Gasteiger partial charge in [-0.15, -0.1) is 0 Å². The Bertz CT molecular complexity index is 414. The van der Waals surface area contributed by atoms with Crippen LogP contribution in [0.1, 0.15) is 18.4 Å². The highest BCUT2D eigenvalue weighted by atomic mass is 16.3. The molecule has 0 aromatic heterocycles. The van der Waals surface area contributed by atoms with Crippen LogP contribution >= 0.6 is 0 Å². The predicted octanol–water partition coefficient (Wildman–Crippen LogP) is 1.15. The maximum atomic E-state index is 12.1. The standard InChI is InChI=1S/C14H20N2O2/c1-16(12-5-3-7-15-10-12)14(18)9-11-4-2-6-13(17)8-11/h2,4,6,8,12,15,17H,3,5,7,9-10H2,1H3. The third kappa shape index (κ3) is 3.23. The molecule has 1 aliphatic rings. The van der Waals surface area contributed by atoms with Gasteiger partial charge >= 0.3 is 0 Å². The molecule has 4 heteroatoms. The number of hydrogen-bond donors (Lipinski definition) is 2. The molecule has 1 heterocycles. The SMILES string of the molecule is CN(C(=O)Cc1cccc(O)c1)C1CCCNC1. The van der Waals surface area contributed by atoms with Crippen LogP contribution in [-0.2, 0) is 11.2 Å². The highest BCUT2D eigenvalue weighted by Crippen LogP contribution is 2.14. The fraction of sp³-hybridized carbons (Fsp3) is 0.500. The fourth-order valence-electron chi connectivity index (χ4n) is 2.33. The van der Waals surface area contributed by atoms with E-state index in [1.165, 1.54) is 0 Å². The van der Waals surface area contributed by atoms with Gasteiger partial charge in [0, 0.05) is 19.6 Å². The Morgan fingerprint density at radius 1 is 1.56 bits per heavy atom. The summed E-state index contributed by atoms with van der Waals surface area (Å²) < 4.78 is 0. The fourth-order valence-corrected chi connectivity index (χ4v) is 2.33. The Labute approximate surface area is 108 Å². The number of likely N-dealkylation sites (N-methyl/N-ethyl adjacent to an activating group) is 1. The number of rotatable bonds is 3. The molecule has 4 nitrogen and oxygen atoms in total. The number of amides is 1. The summed E-state index contributed by atoms with van der Waals surface area (Å²) in [5.41, 5.74) is 0.857. The molecule has 1 atom stereocenters. The lowest BCUT2D eigenvalue weighted by Crippen LogP contribution is -2.47. The van der Waals surface area contributed by atoms with Crippen LogP contribution in [0.4, 0.5) is 0 Å². The second-order valence-electron chi connectivity index (χ2n) is 4.85. The molecule has 1 aliphatic heterocycles. The molecular weight excluding hydrogens is 228 g/mol. The first kappa shape index (κ1) is 12.9. The maximum Gasteiger partial charge on any atom is 0.227 e. The quantitative estimate of drug-likeness (QED) is 0.843. The van der Waals surface area contributed by atoms with E-state index < -0.39 is 0 Å². The second-order valence-corrected chi connectivity index (χ2v) is 4.85. The van der Waals surface area contributed by atoms with E-state index in [4.69, 9.17) is 0 Å². The van der Waals surface area contributed by atoms with E-state index in [9.17, 15) is 9.90 Å². The number of nitrogens with zero attached hydrogens (tertiary/aromatic N) is 1. The van der Waals surface area contributed by atoms with E-state index >= 15 is 0 Å². The number of nitrogens with one attached hydrogen (secondary N) is 1. The lowest BCUT2D eigenvalue weighted by molar-refractivity contribution is -0.131. The Kier molecular flexibility index (Phi) is 4.20. The zero-order valence-corrected chi connectivity index (χ0v) is 10.7. The number of piperidine rings is 1. The smallest absolute Gasteiger partial charge is 0.227 e. The first-order valence-corrected chi connectivity index (χ1v) is 6.41. The van der Waals surface area contributed by atoms with Gasteiger partial charge in [0.1, 0.15) is 5.75 Å².